The molecule has 0 aromatic heterocycles. The zero-order valence-corrected chi connectivity index (χ0v) is 18.6. The summed E-state index contributed by atoms with van der Waals surface area (Å²) in [7, 11) is 4.81. The average Bonchev–Trinajstić information content (AvgIpc) is 2.52. The van der Waals surface area contributed by atoms with Crippen LogP contribution < -0.4 is 5.32 Å². The van der Waals surface area contributed by atoms with Crippen LogP contribution >= 0.6 is 0 Å². The van der Waals surface area contributed by atoms with Crippen molar-refractivity contribution in [3.8, 4) is 0 Å². The number of esters is 1. The van der Waals surface area contributed by atoms with E-state index in [2.05, 4.69) is 12.2 Å². The molecule has 27 heavy (non-hydrogen) atoms. The van der Waals surface area contributed by atoms with Crippen LogP contribution in [0.2, 0.25) is 0 Å². The lowest BCUT2D eigenvalue weighted by Crippen LogP contribution is -2.55. The monoisotopic (exact) mass is 385 g/mol. The maximum atomic E-state index is 13.1. The highest BCUT2D eigenvalue weighted by Gasteiger charge is 2.35. The lowest BCUT2D eigenvalue weighted by atomic mass is 10.0. The van der Waals surface area contributed by atoms with Crippen LogP contribution in [0.3, 0.4) is 0 Å². The molecule has 0 fully saturated rings. The van der Waals surface area contributed by atoms with E-state index in [1.54, 1.807) is 41.9 Å². The summed E-state index contributed by atoms with van der Waals surface area (Å²) in [5.74, 6) is -0.923. The first-order valence-electron chi connectivity index (χ1n) is 9.74. The molecule has 0 aliphatic rings. The molecule has 0 heterocycles. The third kappa shape index (κ3) is 9.22. The first-order chi connectivity index (χ1) is 12.3. The molecule has 7 nitrogen and oxygen atoms in total. The maximum absolute atomic E-state index is 13.1. The van der Waals surface area contributed by atoms with Crippen LogP contribution in [0.5, 0.6) is 0 Å². The number of ether oxygens (including phenoxy) is 1. The molecular formula is C20H39N3O4. The number of unbranched alkanes of at least 4 members (excludes halogenated alkanes) is 1. The number of hydrogen-bond acceptors (Lipinski definition) is 5. The normalized spacial score (nSPS) is 13.9. The van der Waals surface area contributed by atoms with Crippen LogP contribution in [0.1, 0.15) is 60.8 Å². The maximum Gasteiger partial charge on any atom is 0.308 e. The highest BCUT2D eigenvalue weighted by Crippen LogP contribution is 2.15. The number of nitrogens with one attached hydrogen (secondary N) is 1. The molecule has 0 bridgehead atoms. The second-order valence-corrected chi connectivity index (χ2v) is 8.52. The fourth-order valence-electron chi connectivity index (χ4n) is 2.64. The van der Waals surface area contributed by atoms with Crippen LogP contribution in [-0.2, 0) is 19.1 Å². The van der Waals surface area contributed by atoms with Crippen molar-refractivity contribution in [2.75, 3.05) is 27.7 Å². The van der Waals surface area contributed by atoms with E-state index in [0.717, 1.165) is 19.4 Å². The van der Waals surface area contributed by atoms with Gasteiger partial charge < -0.3 is 19.9 Å². The summed E-state index contributed by atoms with van der Waals surface area (Å²) in [6, 6.07) is -1.30. The Balaban J connectivity index is 5.40. The van der Waals surface area contributed by atoms with Crippen molar-refractivity contribution >= 4 is 17.8 Å². The fraction of sp³-hybridized carbons (Fsp3) is 0.850. The van der Waals surface area contributed by atoms with Gasteiger partial charge in [0.2, 0.25) is 11.8 Å². The Morgan fingerprint density at radius 1 is 1.04 bits per heavy atom. The van der Waals surface area contributed by atoms with Gasteiger partial charge in [-0.1, -0.05) is 27.2 Å². The van der Waals surface area contributed by atoms with E-state index in [1.165, 1.54) is 9.80 Å². The van der Waals surface area contributed by atoms with E-state index in [1.807, 2.05) is 13.8 Å². The molecule has 2 atom stereocenters. The predicted molar refractivity (Wildman–Crippen MR) is 107 cm³/mol. The van der Waals surface area contributed by atoms with Crippen LogP contribution in [0, 0.1) is 5.92 Å². The third-order valence-corrected chi connectivity index (χ3v) is 4.15. The van der Waals surface area contributed by atoms with Gasteiger partial charge in [-0.25, -0.2) is 0 Å². The van der Waals surface area contributed by atoms with Crippen LogP contribution in [0.15, 0.2) is 0 Å². The van der Waals surface area contributed by atoms with E-state index in [0.29, 0.717) is 0 Å². The Morgan fingerprint density at radius 3 is 2.00 bits per heavy atom. The number of hydrogen-bond donors (Lipinski definition) is 1. The number of carbonyl (C=O) groups is 3. The Labute approximate surface area is 164 Å². The van der Waals surface area contributed by atoms with Crippen molar-refractivity contribution in [1.82, 2.24) is 15.1 Å². The number of rotatable bonds is 10. The molecule has 0 saturated carbocycles. The van der Waals surface area contributed by atoms with Gasteiger partial charge in [0, 0.05) is 21.1 Å². The molecule has 0 rings (SSSR count). The summed E-state index contributed by atoms with van der Waals surface area (Å²) in [6.07, 6.45) is 1.83. The minimum Gasteiger partial charge on any atom is -0.460 e. The molecule has 158 valence electrons. The molecule has 0 unspecified atom stereocenters. The van der Waals surface area contributed by atoms with E-state index >= 15 is 0 Å². The summed E-state index contributed by atoms with van der Waals surface area (Å²) in [5.41, 5.74) is -0.645. The SMILES string of the molecule is CCCCN[C@H](C(=O)N(C)[C@@H](CC(=O)OC(C)(C)C)C(=O)N(C)C)C(C)C. The molecule has 0 radical (unpaired) electrons. The minimum atomic E-state index is -0.892. The Hall–Kier alpha value is -1.63. The molecular weight excluding hydrogens is 346 g/mol. The van der Waals surface area contributed by atoms with Gasteiger partial charge in [0.05, 0.1) is 12.5 Å². The standard InChI is InChI=1S/C20H39N3O4/c1-10-11-12-21-17(14(2)3)19(26)23(9)15(18(25)22(7)8)13-16(24)27-20(4,5)6/h14-15,17,21H,10-13H2,1-9H3/t15-,17-/m0/s1. The van der Waals surface area contributed by atoms with Gasteiger partial charge in [-0.15, -0.1) is 0 Å². The van der Waals surface area contributed by atoms with E-state index in [-0.39, 0.29) is 24.2 Å². The predicted octanol–water partition coefficient (Wildman–Crippen LogP) is 2.05. The Morgan fingerprint density at radius 2 is 1.59 bits per heavy atom. The number of likely N-dealkylation sites (N-methyl/N-ethyl adjacent to an activating group) is 2. The highest BCUT2D eigenvalue weighted by molar-refractivity contribution is 5.92. The minimum absolute atomic E-state index is 0.0634. The molecule has 0 aromatic rings. The number of nitrogens with zero attached hydrogens (tertiary/aromatic N) is 2. The van der Waals surface area contributed by atoms with E-state index in [9.17, 15) is 14.4 Å². The van der Waals surface area contributed by atoms with Gasteiger partial charge in [-0.2, -0.15) is 0 Å². The largest absolute Gasteiger partial charge is 0.460 e. The average molecular weight is 386 g/mol. The molecule has 0 aliphatic carbocycles. The van der Waals surface area contributed by atoms with E-state index < -0.39 is 23.7 Å². The van der Waals surface area contributed by atoms with Gasteiger partial charge in [0.1, 0.15) is 11.6 Å². The van der Waals surface area contributed by atoms with Crippen molar-refractivity contribution in [3.05, 3.63) is 0 Å². The van der Waals surface area contributed by atoms with Crippen molar-refractivity contribution in [3.63, 3.8) is 0 Å². The molecule has 0 spiro atoms. The number of amides is 2. The zero-order chi connectivity index (χ0) is 21.4. The lowest BCUT2D eigenvalue weighted by Gasteiger charge is -2.33. The summed E-state index contributed by atoms with van der Waals surface area (Å²) in [4.78, 5) is 40.8. The van der Waals surface area contributed by atoms with Crippen LogP contribution in [-0.4, -0.2) is 73.0 Å². The van der Waals surface area contributed by atoms with Gasteiger partial charge in [-0.3, -0.25) is 14.4 Å². The molecule has 0 aromatic carbocycles. The molecule has 0 aliphatic heterocycles. The van der Waals surface area contributed by atoms with E-state index in [4.69, 9.17) is 4.74 Å². The molecule has 2 amide bonds. The summed E-state index contributed by atoms with van der Waals surface area (Å²) in [6.45, 7) is 12.1. The Kier molecular flexibility index (Phi) is 10.6. The second-order valence-electron chi connectivity index (χ2n) is 8.52. The summed E-state index contributed by atoms with van der Waals surface area (Å²) in [5, 5.41) is 3.28. The lowest BCUT2D eigenvalue weighted by molar-refractivity contribution is -0.160. The topological polar surface area (TPSA) is 79.0 Å². The molecule has 0 saturated heterocycles. The Bertz CT molecular complexity index is 498. The molecule has 7 heteroatoms. The summed E-state index contributed by atoms with van der Waals surface area (Å²) < 4.78 is 5.35. The smallest absolute Gasteiger partial charge is 0.308 e. The quantitative estimate of drug-likeness (QED) is 0.460. The zero-order valence-electron chi connectivity index (χ0n) is 18.6. The second kappa shape index (κ2) is 11.3. The van der Waals surface area contributed by atoms with Gasteiger partial charge in [0.25, 0.3) is 0 Å². The third-order valence-electron chi connectivity index (χ3n) is 4.15. The van der Waals surface area contributed by atoms with Crippen LogP contribution in [0.4, 0.5) is 0 Å². The fourth-order valence-corrected chi connectivity index (χ4v) is 2.64. The van der Waals surface area contributed by atoms with Gasteiger partial charge >= 0.3 is 5.97 Å². The van der Waals surface area contributed by atoms with Crippen molar-refractivity contribution in [1.29, 1.82) is 0 Å². The van der Waals surface area contributed by atoms with Gasteiger partial charge in [-0.05, 0) is 39.7 Å². The van der Waals surface area contributed by atoms with Gasteiger partial charge in [0.15, 0.2) is 0 Å². The highest BCUT2D eigenvalue weighted by atomic mass is 16.6. The molecule has 1 N–H and O–H groups in total. The first-order valence-corrected chi connectivity index (χ1v) is 9.74. The van der Waals surface area contributed by atoms with Crippen molar-refractivity contribution in [2.45, 2.75) is 78.5 Å². The number of carbonyl (C=O) groups excluding carboxylic acids is 3. The van der Waals surface area contributed by atoms with Crippen LogP contribution in [0.25, 0.3) is 0 Å². The summed E-state index contributed by atoms with van der Waals surface area (Å²) >= 11 is 0. The van der Waals surface area contributed by atoms with Crippen molar-refractivity contribution < 1.29 is 19.1 Å². The first kappa shape index (κ1) is 25.4. The van der Waals surface area contributed by atoms with Crippen molar-refractivity contribution in [2.24, 2.45) is 5.92 Å².